The Kier molecular flexibility index (Phi) is 6.35. The van der Waals surface area contributed by atoms with Crippen LogP contribution in [0.15, 0.2) is 60.7 Å². The molecule has 1 N–H and O–H groups in total. The normalized spacial score (nSPS) is 13.9. The van der Waals surface area contributed by atoms with Gasteiger partial charge >= 0.3 is 6.03 Å². The van der Waals surface area contributed by atoms with Gasteiger partial charge in [-0.05, 0) is 60.9 Å². The molecule has 3 amide bonds. The van der Waals surface area contributed by atoms with E-state index < -0.39 is 23.1 Å². The Balaban J connectivity index is 1.61. The minimum absolute atomic E-state index is 0.237. The van der Waals surface area contributed by atoms with Crippen LogP contribution in [0.4, 0.5) is 29.3 Å². The smallest absolute Gasteiger partial charge is 0.320 e. The summed E-state index contributed by atoms with van der Waals surface area (Å²) in [5.41, 5.74) is 1.45. The van der Waals surface area contributed by atoms with Crippen molar-refractivity contribution >= 4 is 23.3 Å². The minimum Gasteiger partial charge on any atom is -0.320 e. The van der Waals surface area contributed by atoms with Crippen LogP contribution in [0.5, 0.6) is 0 Å². The summed E-state index contributed by atoms with van der Waals surface area (Å²) < 4.78 is 41.7. The van der Waals surface area contributed by atoms with Gasteiger partial charge in [0.25, 0.3) is 5.91 Å². The highest BCUT2D eigenvalue weighted by atomic mass is 19.1. The summed E-state index contributed by atoms with van der Waals surface area (Å²) in [6.45, 7) is 2.94. The highest BCUT2D eigenvalue weighted by molar-refractivity contribution is 6.08. The van der Waals surface area contributed by atoms with Crippen molar-refractivity contribution in [2.45, 2.75) is 19.9 Å². The summed E-state index contributed by atoms with van der Waals surface area (Å²) in [5.74, 6) is -3.27. The van der Waals surface area contributed by atoms with E-state index in [1.54, 1.807) is 42.2 Å². The van der Waals surface area contributed by atoms with E-state index in [9.17, 15) is 22.8 Å². The van der Waals surface area contributed by atoms with Gasteiger partial charge in [0.05, 0.1) is 11.4 Å². The predicted octanol–water partition coefficient (Wildman–Crippen LogP) is 5.50. The van der Waals surface area contributed by atoms with E-state index in [0.717, 1.165) is 17.7 Å². The second kappa shape index (κ2) is 9.36. The fraction of sp³-hybridized carbons (Fsp3) is 0.200. The molecule has 1 aliphatic heterocycles. The maximum Gasteiger partial charge on any atom is 0.324 e. The molecule has 3 aromatic rings. The van der Waals surface area contributed by atoms with Gasteiger partial charge in [-0.3, -0.25) is 9.69 Å². The van der Waals surface area contributed by atoms with Crippen molar-refractivity contribution in [2.75, 3.05) is 23.3 Å². The number of carbonyl (C=O) groups is 2. The Morgan fingerprint density at radius 3 is 2.42 bits per heavy atom. The second-order valence-corrected chi connectivity index (χ2v) is 7.91. The molecule has 0 radical (unpaired) electrons. The Labute approximate surface area is 189 Å². The number of nitrogens with one attached hydrogen (secondary N) is 1. The molecule has 0 bridgehead atoms. The zero-order chi connectivity index (χ0) is 23.5. The molecule has 0 atom stereocenters. The van der Waals surface area contributed by atoms with Crippen LogP contribution in [0.1, 0.15) is 27.9 Å². The van der Waals surface area contributed by atoms with Crippen molar-refractivity contribution in [1.29, 1.82) is 0 Å². The average Bonchev–Trinajstić information content (AvgIpc) is 2.76. The van der Waals surface area contributed by atoms with Gasteiger partial charge in [0.2, 0.25) is 0 Å². The first-order chi connectivity index (χ1) is 15.8. The number of nitrogens with zero attached hydrogens (tertiary/aromatic N) is 2. The zero-order valence-corrected chi connectivity index (χ0v) is 17.9. The number of amides is 3. The molecule has 4 rings (SSSR count). The number of rotatable bonds is 5. The quantitative estimate of drug-likeness (QED) is 0.555. The van der Waals surface area contributed by atoms with Crippen LogP contribution in [0.25, 0.3) is 0 Å². The van der Waals surface area contributed by atoms with Gasteiger partial charge in [-0.2, -0.15) is 0 Å². The van der Waals surface area contributed by atoms with Gasteiger partial charge in [0.1, 0.15) is 23.0 Å². The van der Waals surface area contributed by atoms with Crippen LogP contribution >= 0.6 is 0 Å². The predicted molar refractivity (Wildman–Crippen MR) is 120 cm³/mol. The molecule has 1 heterocycles. The van der Waals surface area contributed by atoms with Crippen molar-refractivity contribution in [1.82, 2.24) is 4.90 Å². The van der Waals surface area contributed by atoms with Crippen molar-refractivity contribution < 1.29 is 22.8 Å². The average molecular weight is 453 g/mol. The first-order valence-electron chi connectivity index (χ1n) is 10.5. The van der Waals surface area contributed by atoms with Crippen LogP contribution in [0.2, 0.25) is 0 Å². The molecule has 33 heavy (non-hydrogen) atoms. The largest absolute Gasteiger partial charge is 0.324 e. The Hall–Kier alpha value is -3.81. The van der Waals surface area contributed by atoms with E-state index in [-0.39, 0.29) is 24.1 Å². The molecular weight excluding hydrogens is 431 g/mol. The monoisotopic (exact) mass is 453 g/mol. The summed E-state index contributed by atoms with van der Waals surface area (Å²) >= 11 is 0. The first-order valence-corrected chi connectivity index (χ1v) is 10.5. The number of benzene rings is 3. The third-order valence-electron chi connectivity index (χ3n) is 5.45. The van der Waals surface area contributed by atoms with Gasteiger partial charge in [-0.15, -0.1) is 0 Å². The lowest BCUT2D eigenvalue weighted by Gasteiger charge is -2.36. The van der Waals surface area contributed by atoms with E-state index in [4.69, 9.17) is 0 Å². The van der Waals surface area contributed by atoms with Gasteiger partial charge in [0.15, 0.2) is 0 Å². The highest BCUT2D eigenvalue weighted by Gasteiger charge is 2.29. The van der Waals surface area contributed by atoms with Crippen LogP contribution in [0, 0.1) is 24.4 Å². The molecule has 1 fully saturated rings. The molecule has 0 unspecified atom stereocenters. The fourth-order valence-corrected chi connectivity index (χ4v) is 3.89. The molecule has 0 aliphatic carbocycles. The lowest BCUT2D eigenvalue weighted by atomic mass is 10.1. The maximum atomic E-state index is 14.1. The maximum absolute atomic E-state index is 14.1. The van der Waals surface area contributed by atoms with Crippen molar-refractivity contribution in [2.24, 2.45) is 0 Å². The van der Waals surface area contributed by atoms with Crippen LogP contribution < -0.4 is 10.2 Å². The van der Waals surface area contributed by atoms with Gasteiger partial charge in [-0.25, -0.2) is 18.0 Å². The number of aryl methyl sites for hydroxylation is 1. The van der Waals surface area contributed by atoms with E-state index in [1.165, 1.54) is 23.1 Å². The molecule has 1 saturated heterocycles. The van der Waals surface area contributed by atoms with Crippen molar-refractivity contribution in [3.05, 3.63) is 94.8 Å². The molecule has 170 valence electrons. The van der Waals surface area contributed by atoms with Gasteiger partial charge in [-0.1, -0.05) is 24.3 Å². The fourth-order valence-electron chi connectivity index (χ4n) is 3.89. The topological polar surface area (TPSA) is 52.6 Å². The van der Waals surface area contributed by atoms with E-state index in [2.05, 4.69) is 5.32 Å². The lowest BCUT2D eigenvalue weighted by Crippen LogP contribution is -2.49. The van der Waals surface area contributed by atoms with Gasteiger partial charge in [0, 0.05) is 19.6 Å². The van der Waals surface area contributed by atoms with Crippen LogP contribution in [-0.2, 0) is 6.54 Å². The summed E-state index contributed by atoms with van der Waals surface area (Å²) in [6.07, 6.45) is 0.657. The molecule has 1 aliphatic rings. The third-order valence-corrected chi connectivity index (χ3v) is 5.45. The van der Waals surface area contributed by atoms with Crippen LogP contribution in [-0.4, -0.2) is 29.9 Å². The van der Waals surface area contributed by atoms with Crippen molar-refractivity contribution in [3.8, 4) is 0 Å². The number of hydrogen-bond acceptors (Lipinski definition) is 2. The number of anilines is 2. The van der Waals surface area contributed by atoms with Crippen molar-refractivity contribution in [3.63, 3.8) is 0 Å². The second-order valence-electron chi connectivity index (χ2n) is 7.91. The van der Waals surface area contributed by atoms with Crippen LogP contribution in [0.3, 0.4) is 0 Å². The van der Waals surface area contributed by atoms with E-state index in [0.29, 0.717) is 30.8 Å². The minimum atomic E-state index is -0.975. The highest BCUT2D eigenvalue weighted by Crippen LogP contribution is 2.31. The zero-order valence-electron chi connectivity index (χ0n) is 17.9. The lowest BCUT2D eigenvalue weighted by molar-refractivity contribution is 0.101. The summed E-state index contributed by atoms with van der Waals surface area (Å²) in [7, 11) is 0. The number of carbonyl (C=O) groups excluding carboxylic acids is 2. The molecule has 0 aromatic heterocycles. The standard InChI is InChI=1S/C25H22F3N3O2/c1-16-9-10-22(21(13-16)29-24(32)23-19(27)7-3-8-20(23)28)31-12-4-11-30(25(31)33)15-17-5-2-6-18(26)14-17/h2-3,5-10,13-14H,4,11-12,15H2,1H3,(H,29,32). The first kappa shape index (κ1) is 22.4. The SMILES string of the molecule is Cc1ccc(N2CCCN(Cc3cccc(F)c3)C2=O)c(NC(=O)c2c(F)cccc2F)c1. The Morgan fingerprint density at radius 1 is 0.970 bits per heavy atom. The third kappa shape index (κ3) is 4.84. The molecule has 5 nitrogen and oxygen atoms in total. The summed E-state index contributed by atoms with van der Waals surface area (Å²) in [6, 6.07) is 14.1. The summed E-state index contributed by atoms with van der Waals surface area (Å²) in [5, 5.41) is 2.56. The molecule has 8 heteroatoms. The number of hydrogen-bond donors (Lipinski definition) is 1. The number of halogens is 3. The van der Waals surface area contributed by atoms with E-state index >= 15 is 0 Å². The summed E-state index contributed by atoms with van der Waals surface area (Å²) in [4.78, 5) is 29.0. The Bertz CT molecular complexity index is 1200. The Morgan fingerprint density at radius 2 is 1.70 bits per heavy atom. The molecular formula is C25H22F3N3O2. The van der Waals surface area contributed by atoms with E-state index in [1.807, 2.05) is 0 Å². The number of urea groups is 1. The molecule has 3 aromatic carbocycles. The van der Waals surface area contributed by atoms with Gasteiger partial charge < -0.3 is 10.2 Å². The molecule has 0 saturated carbocycles. The molecule has 0 spiro atoms.